The van der Waals surface area contributed by atoms with Crippen LogP contribution in [0.25, 0.3) is 0 Å². The highest BCUT2D eigenvalue weighted by Crippen LogP contribution is 2.32. The van der Waals surface area contributed by atoms with Gasteiger partial charge in [-0.1, -0.05) is 43.1 Å². The Kier molecular flexibility index (Phi) is 8.37. The third kappa shape index (κ3) is 6.85. The summed E-state index contributed by atoms with van der Waals surface area (Å²) in [7, 11) is 0. The van der Waals surface area contributed by atoms with Crippen LogP contribution in [0, 0.1) is 5.92 Å². The fourth-order valence-electron chi connectivity index (χ4n) is 1.95. The van der Waals surface area contributed by atoms with Gasteiger partial charge in [0.1, 0.15) is 12.7 Å². The number of benzene rings is 1. The Labute approximate surface area is 136 Å². The van der Waals surface area contributed by atoms with Gasteiger partial charge in [0.05, 0.1) is 16.7 Å². The first-order valence-corrected chi connectivity index (χ1v) is 7.78. The molecular weight excluding hydrogens is 313 g/mol. The van der Waals surface area contributed by atoms with Gasteiger partial charge in [-0.05, 0) is 24.5 Å². The van der Waals surface area contributed by atoms with Crippen molar-refractivity contribution in [2.24, 2.45) is 5.92 Å². The van der Waals surface area contributed by atoms with E-state index in [1.165, 1.54) is 0 Å². The largest absolute Gasteiger partial charge is 0.488 e. The van der Waals surface area contributed by atoms with Crippen LogP contribution in [0.2, 0.25) is 10.0 Å². The Morgan fingerprint density at radius 1 is 1.24 bits per heavy atom. The van der Waals surface area contributed by atoms with Crippen LogP contribution in [-0.2, 0) is 0 Å². The van der Waals surface area contributed by atoms with Crippen LogP contribution in [0.15, 0.2) is 18.2 Å². The van der Waals surface area contributed by atoms with E-state index < -0.39 is 6.10 Å². The fourth-order valence-corrected chi connectivity index (χ4v) is 2.46. The average Bonchev–Trinajstić information content (AvgIpc) is 2.42. The first-order chi connectivity index (χ1) is 9.93. The summed E-state index contributed by atoms with van der Waals surface area (Å²) in [5, 5.41) is 23.1. The molecule has 0 aliphatic carbocycles. The molecule has 0 heterocycles. The van der Waals surface area contributed by atoms with Gasteiger partial charge in [-0.3, -0.25) is 0 Å². The maximum atomic E-state index is 9.92. The standard InChI is InChI=1S/C15H23Cl2NO3/c1-10(2)6-11(8-19)18-7-12(20)9-21-15-13(16)4-3-5-14(15)17/h3-5,10-12,18-20H,6-9H2,1-2H3. The summed E-state index contributed by atoms with van der Waals surface area (Å²) >= 11 is 12.0. The minimum atomic E-state index is -0.710. The minimum Gasteiger partial charge on any atom is -0.488 e. The fraction of sp³-hybridized carbons (Fsp3) is 0.600. The Bertz CT molecular complexity index is 409. The number of ether oxygens (including phenoxy) is 1. The van der Waals surface area contributed by atoms with E-state index in [4.69, 9.17) is 27.9 Å². The molecule has 6 heteroatoms. The summed E-state index contributed by atoms with van der Waals surface area (Å²) in [5.41, 5.74) is 0. The molecular formula is C15H23Cl2NO3. The Morgan fingerprint density at radius 3 is 2.38 bits per heavy atom. The highest BCUT2D eigenvalue weighted by Gasteiger charge is 2.14. The van der Waals surface area contributed by atoms with E-state index in [0.29, 0.717) is 28.3 Å². The van der Waals surface area contributed by atoms with Crippen molar-refractivity contribution >= 4 is 23.2 Å². The van der Waals surface area contributed by atoms with E-state index in [0.717, 1.165) is 6.42 Å². The second kappa shape index (κ2) is 9.49. The maximum Gasteiger partial charge on any atom is 0.156 e. The van der Waals surface area contributed by atoms with Crippen LogP contribution in [0.1, 0.15) is 20.3 Å². The van der Waals surface area contributed by atoms with Crippen LogP contribution in [0.5, 0.6) is 5.75 Å². The van der Waals surface area contributed by atoms with Crippen molar-refractivity contribution in [2.45, 2.75) is 32.4 Å². The van der Waals surface area contributed by atoms with Crippen molar-refractivity contribution in [1.82, 2.24) is 5.32 Å². The van der Waals surface area contributed by atoms with E-state index >= 15 is 0 Å². The van der Waals surface area contributed by atoms with Crippen LogP contribution in [0.4, 0.5) is 0 Å². The third-order valence-corrected chi connectivity index (χ3v) is 3.55. The van der Waals surface area contributed by atoms with E-state index in [2.05, 4.69) is 19.2 Å². The predicted octanol–water partition coefficient (Wildman–Crippen LogP) is 2.73. The molecule has 1 rings (SSSR count). The molecule has 0 aromatic heterocycles. The molecule has 3 N–H and O–H groups in total. The topological polar surface area (TPSA) is 61.7 Å². The van der Waals surface area contributed by atoms with Gasteiger partial charge in [0.25, 0.3) is 0 Å². The summed E-state index contributed by atoms with van der Waals surface area (Å²) in [4.78, 5) is 0. The lowest BCUT2D eigenvalue weighted by Gasteiger charge is -2.21. The van der Waals surface area contributed by atoms with Crippen molar-refractivity contribution in [2.75, 3.05) is 19.8 Å². The smallest absolute Gasteiger partial charge is 0.156 e. The molecule has 2 atom stereocenters. The molecule has 120 valence electrons. The van der Waals surface area contributed by atoms with Gasteiger partial charge in [0, 0.05) is 12.6 Å². The molecule has 0 fully saturated rings. The zero-order valence-corrected chi connectivity index (χ0v) is 13.9. The van der Waals surface area contributed by atoms with Crippen molar-refractivity contribution in [3.8, 4) is 5.75 Å². The summed E-state index contributed by atoms with van der Waals surface area (Å²) in [6, 6.07) is 5.06. The molecule has 0 bridgehead atoms. The highest BCUT2D eigenvalue weighted by molar-refractivity contribution is 6.37. The molecule has 0 aliphatic rings. The zero-order chi connectivity index (χ0) is 15.8. The molecule has 0 spiro atoms. The van der Waals surface area contributed by atoms with E-state index in [9.17, 15) is 10.2 Å². The summed E-state index contributed by atoms with van der Waals surface area (Å²) in [6.07, 6.45) is 0.138. The number of aliphatic hydroxyl groups excluding tert-OH is 2. The van der Waals surface area contributed by atoms with Gasteiger partial charge in [0.2, 0.25) is 0 Å². The number of halogens is 2. The number of hydrogen-bond acceptors (Lipinski definition) is 4. The summed E-state index contributed by atoms with van der Waals surface area (Å²) < 4.78 is 5.46. The Hall–Kier alpha value is -0.520. The Morgan fingerprint density at radius 2 is 1.86 bits per heavy atom. The summed E-state index contributed by atoms with van der Waals surface area (Å²) in [5.74, 6) is 0.853. The van der Waals surface area contributed by atoms with Crippen molar-refractivity contribution in [1.29, 1.82) is 0 Å². The van der Waals surface area contributed by atoms with Gasteiger partial charge in [0.15, 0.2) is 5.75 Å². The number of hydrogen-bond donors (Lipinski definition) is 3. The molecule has 0 saturated heterocycles. The second-order valence-electron chi connectivity index (χ2n) is 5.43. The SMILES string of the molecule is CC(C)CC(CO)NCC(O)COc1c(Cl)cccc1Cl. The van der Waals surface area contributed by atoms with Gasteiger partial charge in [-0.2, -0.15) is 0 Å². The first-order valence-electron chi connectivity index (χ1n) is 7.03. The molecule has 0 saturated carbocycles. The molecule has 2 unspecified atom stereocenters. The lowest BCUT2D eigenvalue weighted by molar-refractivity contribution is 0.0982. The molecule has 0 amide bonds. The minimum absolute atomic E-state index is 0.0245. The zero-order valence-electron chi connectivity index (χ0n) is 12.4. The van der Waals surface area contributed by atoms with Crippen molar-refractivity contribution in [3.63, 3.8) is 0 Å². The van der Waals surface area contributed by atoms with Gasteiger partial charge >= 0.3 is 0 Å². The van der Waals surface area contributed by atoms with Crippen LogP contribution >= 0.6 is 23.2 Å². The monoisotopic (exact) mass is 335 g/mol. The average molecular weight is 336 g/mol. The quantitative estimate of drug-likeness (QED) is 0.649. The predicted molar refractivity (Wildman–Crippen MR) is 86.3 cm³/mol. The molecule has 0 radical (unpaired) electrons. The summed E-state index contributed by atoms with van der Waals surface area (Å²) in [6.45, 7) is 4.63. The van der Waals surface area contributed by atoms with Crippen molar-refractivity contribution in [3.05, 3.63) is 28.2 Å². The van der Waals surface area contributed by atoms with E-state index in [1.807, 2.05) is 0 Å². The van der Waals surface area contributed by atoms with Crippen LogP contribution in [-0.4, -0.2) is 42.1 Å². The van der Waals surface area contributed by atoms with Crippen LogP contribution < -0.4 is 10.1 Å². The number of para-hydroxylation sites is 1. The normalized spacial score (nSPS) is 14.2. The van der Waals surface area contributed by atoms with E-state index in [-0.39, 0.29) is 19.3 Å². The lowest BCUT2D eigenvalue weighted by Crippen LogP contribution is -2.40. The second-order valence-corrected chi connectivity index (χ2v) is 6.25. The number of nitrogens with one attached hydrogen (secondary N) is 1. The number of aliphatic hydroxyl groups is 2. The van der Waals surface area contributed by atoms with Gasteiger partial charge in [-0.25, -0.2) is 0 Å². The van der Waals surface area contributed by atoms with E-state index in [1.54, 1.807) is 18.2 Å². The highest BCUT2D eigenvalue weighted by atomic mass is 35.5. The molecule has 1 aromatic rings. The molecule has 1 aromatic carbocycles. The van der Waals surface area contributed by atoms with Gasteiger partial charge < -0.3 is 20.3 Å². The third-order valence-electron chi connectivity index (χ3n) is 2.96. The lowest BCUT2D eigenvalue weighted by atomic mass is 10.0. The Balaban J connectivity index is 2.38. The van der Waals surface area contributed by atoms with Gasteiger partial charge in [-0.15, -0.1) is 0 Å². The molecule has 21 heavy (non-hydrogen) atoms. The molecule has 4 nitrogen and oxygen atoms in total. The molecule has 0 aliphatic heterocycles. The first kappa shape index (κ1) is 18.5. The van der Waals surface area contributed by atoms with Crippen molar-refractivity contribution < 1.29 is 14.9 Å². The number of rotatable bonds is 9. The maximum absolute atomic E-state index is 9.92. The van der Waals surface area contributed by atoms with Crippen LogP contribution in [0.3, 0.4) is 0 Å².